The zero-order valence-corrected chi connectivity index (χ0v) is 12.8. The van der Waals surface area contributed by atoms with Crippen LogP contribution < -0.4 is 11.2 Å². The van der Waals surface area contributed by atoms with E-state index in [1.54, 1.807) is 17.2 Å². The zero-order valence-electron chi connectivity index (χ0n) is 11.9. The molecule has 0 aliphatic carbocycles. The Kier molecular flexibility index (Phi) is 3.63. The van der Waals surface area contributed by atoms with Gasteiger partial charge in [0.2, 0.25) is 8.53 Å². The lowest BCUT2D eigenvalue weighted by Gasteiger charge is -2.29. The normalized spacial score (nSPS) is 31.0. The van der Waals surface area contributed by atoms with Crippen LogP contribution in [0.1, 0.15) is 12.6 Å². The molecule has 2 aromatic heterocycles. The topological polar surface area (TPSA) is 144 Å². The van der Waals surface area contributed by atoms with Gasteiger partial charge in [0.1, 0.15) is 36.4 Å². The van der Waals surface area contributed by atoms with Crippen molar-refractivity contribution >= 4 is 25.5 Å². The van der Waals surface area contributed by atoms with Crippen LogP contribution in [-0.4, -0.2) is 42.7 Å². The fraction of sp³-hybridized carbons (Fsp3) is 0.417. The lowest BCUT2D eigenvalue weighted by atomic mass is 10.1. The van der Waals surface area contributed by atoms with E-state index in [0.717, 1.165) is 0 Å². The lowest BCUT2D eigenvalue weighted by molar-refractivity contribution is -0.0782. The third kappa shape index (κ3) is 2.54. The molecule has 4 rings (SSSR count). The molecule has 0 radical (unpaired) electrons. The van der Waals surface area contributed by atoms with Gasteiger partial charge >= 0.3 is 0 Å². The highest BCUT2D eigenvalue weighted by Crippen LogP contribution is 2.40. The molecule has 122 valence electrons. The minimum absolute atomic E-state index is 0.227. The van der Waals surface area contributed by atoms with E-state index in [2.05, 4.69) is 15.0 Å². The van der Waals surface area contributed by atoms with Crippen molar-refractivity contribution in [3.8, 4) is 0 Å². The maximum absolute atomic E-state index is 9.38. The van der Waals surface area contributed by atoms with Crippen LogP contribution in [0.15, 0.2) is 25.0 Å². The summed E-state index contributed by atoms with van der Waals surface area (Å²) in [5.74, 6) is 0.308. The largest absolute Gasteiger partial charge is 0.491 e. The molecule has 0 saturated carbocycles. The van der Waals surface area contributed by atoms with Gasteiger partial charge in [-0.25, -0.2) is 15.0 Å². The molecule has 2 unspecified atom stereocenters. The second-order valence-electron chi connectivity index (χ2n) is 5.25. The number of nitrogens with zero attached hydrogens (tertiary/aromatic N) is 4. The molecule has 10 nitrogen and oxygen atoms in total. The number of hydrogen-bond acceptors (Lipinski definition) is 9. The first-order valence-corrected chi connectivity index (χ1v) is 8.22. The van der Waals surface area contributed by atoms with E-state index >= 15 is 0 Å². The van der Waals surface area contributed by atoms with Gasteiger partial charge in [-0.2, -0.15) is 0 Å². The number of fused-ring (bicyclic) bond motifs is 1. The molecule has 5 N–H and O–H groups in total. The molecule has 1 fully saturated rings. The van der Waals surface area contributed by atoms with Crippen molar-refractivity contribution < 1.29 is 18.9 Å². The van der Waals surface area contributed by atoms with Crippen LogP contribution >= 0.6 is 8.53 Å². The Bertz CT molecular complexity index is 752. The summed E-state index contributed by atoms with van der Waals surface area (Å²) in [6, 6.07) is 0. The number of anilines is 1. The van der Waals surface area contributed by atoms with Crippen LogP contribution in [0.3, 0.4) is 0 Å². The molecule has 23 heavy (non-hydrogen) atoms. The Labute approximate surface area is 132 Å². The molecule has 0 bridgehead atoms. The first-order valence-electron chi connectivity index (χ1n) is 6.94. The van der Waals surface area contributed by atoms with Crippen LogP contribution in [0.5, 0.6) is 0 Å². The molecule has 2 aliphatic rings. The van der Waals surface area contributed by atoms with Crippen molar-refractivity contribution in [1.29, 1.82) is 0 Å². The van der Waals surface area contributed by atoms with Gasteiger partial charge in [-0.15, -0.1) is 0 Å². The van der Waals surface area contributed by atoms with E-state index in [-0.39, 0.29) is 18.4 Å². The fourth-order valence-corrected chi connectivity index (χ4v) is 3.29. The van der Waals surface area contributed by atoms with E-state index < -0.39 is 14.6 Å². The van der Waals surface area contributed by atoms with E-state index in [0.29, 0.717) is 23.4 Å². The Hall–Kier alpha value is -1.84. The number of imidazole rings is 1. The highest BCUT2D eigenvalue weighted by molar-refractivity contribution is 7.43. The molecule has 0 amide bonds. The highest BCUT2D eigenvalue weighted by Gasteiger charge is 2.44. The van der Waals surface area contributed by atoms with Gasteiger partial charge in [0.05, 0.1) is 12.6 Å². The third-order valence-corrected chi connectivity index (χ3v) is 4.37. The van der Waals surface area contributed by atoms with Crippen LogP contribution in [0.2, 0.25) is 0 Å². The van der Waals surface area contributed by atoms with Crippen LogP contribution in [0.4, 0.5) is 5.82 Å². The molecule has 2 aromatic rings. The van der Waals surface area contributed by atoms with Gasteiger partial charge in [-0.3, -0.25) is 10.1 Å². The Morgan fingerprint density at radius 3 is 2.91 bits per heavy atom. The smallest absolute Gasteiger partial charge is 0.250 e. The van der Waals surface area contributed by atoms with E-state index in [9.17, 15) is 4.89 Å². The second-order valence-corrected chi connectivity index (χ2v) is 6.07. The monoisotopic (exact) mass is 338 g/mol. The first kappa shape index (κ1) is 14.7. The molecule has 5 atom stereocenters. The Balaban J connectivity index is 1.63. The van der Waals surface area contributed by atoms with Crippen molar-refractivity contribution in [2.45, 2.75) is 31.0 Å². The summed E-state index contributed by atoms with van der Waals surface area (Å²) in [4.78, 5) is 21.7. The highest BCUT2D eigenvalue weighted by atomic mass is 31.2. The van der Waals surface area contributed by atoms with Gasteiger partial charge < -0.3 is 24.6 Å². The predicted octanol–water partition coefficient (Wildman–Crippen LogP) is 0.172. The lowest BCUT2D eigenvalue weighted by Crippen LogP contribution is -2.38. The summed E-state index contributed by atoms with van der Waals surface area (Å²) >= 11 is 0. The number of nitrogen functional groups attached to an aromatic ring is 1. The van der Waals surface area contributed by atoms with Crippen molar-refractivity contribution in [3.63, 3.8) is 0 Å². The molecule has 4 heterocycles. The summed E-state index contributed by atoms with van der Waals surface area (Å²) < 4.78 is 18.5. The third-order valence-electron chi connectivity index (χ3n) is 3.88. The van der Waals surface area contributed by atoms with Crippen LogP contribution in [0, 0.1) is 0 Å². The number of rotatable bonds is 4. The number of ether oxygens (including phenoxy) is 2. The molecule has 2 aliphatic heterocycles. The van der Waals surface area contributed by atoms with Crippen molar-refractivity contribution in [1.82, 2.24) is 19.5 Å². The van der Waals surface area contributed by atoms with Crippen LogP contribution in [0.25, 0.3) is 11.2 Å². The summed E-state index contributed by atoms with van der Waals surface area (Å²) in [6.07, 6.45) is 5.53. The maximum atomic E-state index is 9.38. The van der Waals surface area contributed by atoms with Gasteiger partial charge in [-0.1, -0.05) is 0 Å². The number of nitrogens with two attached hydrogens (primary N) is 2. The van der Waals surface area contributed by atoms with Crippen molar-refractivity contribution in [2.24, 2.45) is 5.50 Å². The number of hydrogen-bond donors (Lipinski definition) is 3. The molecule has 0 spiro atoms. The summed E-state index contributed by atoms with van der Waals surface area (Å²) in [6.45, 7) is 0. The quantitative estimate of drug-likeness (QED) is 0.664. The maximum Gasteiger partial charge on any atom is 0.250 e. The summed E-state index contributed by atoms with van der Waals surface area (Å²) in [7, 11) is -1.99. The Morgan fingerprint density at radius 1 is 1.39 bits per heavy atom. The van der Waals surface area contributed by atoms with Gasteiger partial charge in [0.15, 0.2) is 11.5 Å². The zero-order chi connectivity index (χ0) is 16.0. The second kappa shape index (κ2) is 5.66. The van der Waals surface area contributed by atoms with E-state index in [4.69, 9.17) is 25.2 Å². The molecule has 1 saturated heterocycles. The summed E-state index contributed by atoms with van der Waals surface area (Å²) in [5.41, 5.74) is 12.3. The molecule has 11 heteroatoms. The summed E-state index contributed by atoms with van der Waals surface area (Å²) in [5, 5.41) is 0. The van der Waals surface area contributed by atoms with Crippen LogP contribution in [-0.2, 0) is 14.0 Å². The van der Waals surface area contributed by atoms with Gasteiger partial charge in [0.25, 0.3) is 0 Å². The molecular formula is C12H15N6O4P. The van der Waals surface area contributed by atoms with E-state index in [1.165, 1.54) is 6.33 Å². The SMILES string of the molecule is Nc1ncnc2c1ncn2[C@H]1C[C@H](OP(N)O)[C@@H](C2C=CO2)O1. The minimum Gasteiger partial charge on any atom is -0.491 e. The molecular weight excluding hydrogens is 323 g/mol. The Morgan fingerprint density at radius 2 is 2.22 bits per heavy atom. The number of aromatic nitrogens is 4. The average Bonchev–Trinajstić information content (AvgIpc) is 3.02. The molecule has 0 aromatic carbocycles. The average molecular weight is 338 g/mol. The van der Waals surface area contributed by atoms with E-state index in [1.807, 2.05) is 6.08 Å². The van der Waals surface area contributed by atoms with Crippen molar-refractivity contribution in [3.05, 3.63) is 25.0 Å². The standard InChI is InChI=1S/C12H15N6O4P/c13-11-9-12(16-4-15-11)18(5-17-9)8-3-7(22-23(14)19)10(21-8)6-1-2-20-6/h1-2,4-8,10,19H,3,14H2,(H2,13,15,16)/t6?,7-,8+,10+,23?/m0/s1. The van der Waals surface area contributed by atoms with Crippen molar-refractivity contribution in [2.75, 3.05) is 5.73 Å². The van der Waals surface area contributed by atoms with Gasteiger partial charge in [-0.05, 0) is 6.08 Å². The fourth-order valence-electron chi connectivity index (χ4n) is 2.80. The predicted molar refractivity (Wildman–Crippen MR) is 80.5 cm³/mol. The van der Waals surface area contributed by atoms with Gasteiger partial charge in [0, 0.05) is 6.42 Å². The first-order chi connectivity index (χ1) is 11.1. The minimum atomic E-state index is -1.99.